The predicted molar refractivity (Wildman–Crippen MR) is 248 cm³/mol. The molecule has 0 saturated carbocycles. The zero-order valence-electron chi connectivity index (χ0n) is 38.5. The molecule has 0 radical (unpaired) electrons. The van der Waals surface area contributed by atoms with Crippen LogP contribution in [0.5, 0.6) is 0 Å². The minimum absolute atomic E-state index is 0.0472. The van der Waals surface area contributed by atoms with Gasteiger partial charge in [0.05, 0.1) is 51.1 Å². The second-order valence-corrected chi connectivity index (χ2v) is 16.4. The number of carbonyl (C=O) groups is 2. The van der Waals surface area contributed by atoms with E-state index in [1.807, 2.05) is 57.8 Å². The van der Waals surface area contributed by atoms with E-state index in [1.165, 1.54) is 24.3 Å². The summed E-state index contributed by atoms with van der Waals surface area (Å²) in [5.41, 5.74) is 5.57. The Balaban J connectivity index is 0.000000196. The topological polar surface area (TPSA) is 153 Å². The molecule has 0 spiro atoms. The van der Waals surface area contributed by atoms with Gasteiger partial charge in [-0.15, -0.1) is 0 Å². The summed E-state index contributed by atoms with van der Waals surface area (Å²) in [6.07, 6.45) is 15.3. The number of rotatable bonds is 18. The van der Waals surface area contributed by atoms with E-state index in [-0.39, 0.29) is 35.5 Å². The van der Waals surface area contributed by atoms with Crippen LogP contribution in [0.2, 0.25) is 0 Å². The van der Waals surface area contributed by atoms with Crippen LogP contribution in [0, 0.1) is 11.6 Å². The molecule has 6 aromatic rings. The number of likely N-dealkylation sites (N-methyl/N-ethyl adjacent to an activating group) is 2. The highest BCUT2D eigenvalue weighted by molar-refractivity contribution is 6.05. The lowest BCUT2D eigenvalue weighted by molar-refractivity contribution is -0.120. The Bertz CT molecular complexity index is 2380. The van der Waals surface area contributed by atoms with Gasteiger partial charge in [0, 0.05) is 66.6 Å². The molecule has 0 fully saturated rings. The summed E-state index contributed by atoms with van der Waals surface area (Å²) < 4.78 is 40.4. The monoisotopic (exact) mass is 904 g/mol. The summed E-state index contributed by atoms with van der Waals surface area (Å²) in [6, 6.07) is 12.4. The molecule has 2 amide bonds. The molecule has 0 aliphatic carbocycles. The van der Waals surface area contributed by atoms with E-state index in [2.05, 4.69) is 20.2 Å². The van der Waals surface area contributed by atoms with E-state index >= 15 is 0 Å². The number of aryl methyl sites for hydroxylation is 4. The van der Waals surface area contributed by atoms with Gasteiger partial charge in [0.1, 0.15) is 46.7 Å². The van der Waals surface area contributed by atoms with Crippen molar-refractivity contribution in [2.45, 2.75) is 77.5 Å². The Morgan fingerprint density at radius 2 is 0.955 bits per heavy atom. The highest BCUT2D eigenvalue weighted by atomic mass is 19.1. The summed E-state index contributed by atoms with van der Waals surface area (Å²) in [6.45, 7) is 7.40. The van der Waals surface area contributed by atoms with Crippen LogP contribution in [0.25, 0.3) is 0 Å². The first-order valence-electron chi connectivity index (χ1n) is 22.3. The molecule has 6 heterocycles. The molecule has 0 bridgehead atoms. The van der Waals surface area contributed by atoms with E-state index in [0.717, 1.165) is 69.8 Å². The quantitative estimate of drug-likeness (QED) is 0.104. The lowest BCUT2D eigenvalue weighted by Gasteiger charge is -2.40. The van der Waals surface area contributed by atoms with E-state index < -0.39 is 0 Å². The molecule has 2 aromatic carbocycles. The minimum Gasteiger partial charge on any atom is -0.383 e. The van der Waals surface area contributed by atoms with Crippen LogP contribution in [0.4, 0.5) is 31.8 Å². The van der Waals surface area contributed by atoms with Gasteiger partial charge in [-0.3, -0.25) is 19.0 Å². The fraction of sp³-hybridized carbons (Fsp3) is 0.417. The van der Waals surface area contributed by atoms with Crippen molar-refractivity contribution in [3.05, 3.63) is 131 Å². The normalized spacial score (nSPS) is 15.8. The third-order valence-electron chi connectivity index (χ3n) is 11.9. The number of benzene rings is 2. The van der Waals surface area contributed by atoms with Gasteiger partial charge in [-0.25, -0.2) is 28.7 Å². The first-order valence-corrected chi connectivity index (χ1v) is 22.3. The number of ether oxygens (including phenoxy) is 2. The van der Waals surface area contributed by atoms with E-state index in [9.17, 15) is 18.4 Å². The van der Waals surface area contributed by atoms with Crippen molar-refractivity contribution >= 4 is 34.8 Å². The van der Waals surface area contributed by atoms with Gasteiger partial charge >= 0.3 is 0 Å². The van der Waals surface area contributed by atoms with Crippen molar-refractivity contribution < 1.29 is 27.8 Å². The molecule has 0 N–H and O–H groups in total. The number of hydrogen-bond acceptors (Lipinski definition) is 12. The van der Waals surface area contributed by atoms with Crippen LogP contribution in [-0.4, -0.2) is 118 Å². The van der Waals surface area contributed by atoms with Gasteiger partial charge in [0.25, 0.3) is 0 Å². The summed E-state index contributed by atoms with van der Waals surface area (Å²) in [5.74, 6) is 2.60. The summed E-state index contributed by atoms with van der Waals surface area (Å²) in [7, 11) is 6.86. The van der Waals surface area contributed by atoms with Crippen LogP contribution in [0.3, 0.4) is 0 Å². The first kappa shape index (κ1) is 47.3. The van der Waals surface area contributed by atoms with Gasteiger partial charge in [-0.1, -0.05) is 38.1 Å². The number of methoxy groups -OCH3 is 2. The van der Waals surface area contributed by atoms with Crippen LogP contribution >= 0.6 is 0 Å². The molecular weight excluding hydrogens is 847 g/mol. The van der Waals surface area contributed by atoms with Gasteiger partial charge < -0.3 is 29.1 Å². The number of fused-ring (bicyclic) bond motifs is 2. The maximum Gasteiger partial charge on any atom is 0.249 e. The molecule has 8 rings (SSSR count). The Morgan fingerprint density at radius 1 is 0.561 bits per heavy atom. The molecule has 0 unspecified atom stereocenters. The molecular formula is C48H58F2N12O4. The standard InChI is InChI=1S/2C24H29FN6O2/c2*1-4-20-24(32)29(2)21-14-26-22(28-23(21)31(20)11-12-33-3)10-7-18-13-27-30(16-18)15-17-5-8-19(25)9-6-17/h2*5-6,8-9,13-14,16,20H,4,7,10-12,15H2,1-3H3/t2*20-/m10/s1. The SMILES string of the molecule is CC[C@@H]1C(=O)N(C)c2cnc(CCc3cnn(Cc4ccc(F)cc4)c3)nc2N1CCOC.CC[C@H]1C(=O)N(C)c2cnc(CCc3cnn(Cc4ccc(F)cc4)c3)nc2N1CCOC. The lowest BCUT2D eigenvalue weighted by Crippen LogP contribution is -2.53. The van der Waals surface area contributed by atoms with E-state index in [0.29, 0.717) is 65.1 Å². The number of halogens is 2. The average Bonchev–Trinajstić information content (AvgIpc) is 3.99. The van der Waals surface area contributed by atoms with Crippen LogP contribution < -0.4 is 19.6 Å². The summed E-state index contributed by atoms with van der Waals surface area (Å²) in [4.78, 5) is 51.7. The first-order chi connectivity index (χ1) is 32.0. The van der Waals surface area contributed by atoms with E-state index in [1.54, 1.807) is 74.8 Å². The number of carbonyl (C=O) groups excluding carboxylic acids is 2. The van der Waals surface area contributed by atoms with Gasteiger partial charge in [0.15, 0.2) is 11.6 Å². The summed E-state index contributed by atoms with van der Waals surface area (Å²) in [5, 5.41) is 8.83. The Hall–Kier alpha value is -6.66. The van der Waals surface area contributed by atoms with Crippen molar-refractivity contribution in [3.8, 4) is 0 Å². The van der Waals surface area contributed by atoms with Gasteiger partial charge in [0.2, 0.25) is 11.8 Å². The number of anilines is 4. The fourth-order valence-corrected chi connectivity index (χ4v) is 8.19. The molecule has 66 heavy (non-hydrogen) atoms. The van der Waals surface area contributed by atoms with Gasteiger partial charge in [-0.2, -0.15) is 10.2 Å². The maximum absolute atomic E-state index is 13.1. The Morgan fingerprint density at radius 3 is 1.32 bits per heavy atom. The van der Waals surface area contributed by atoms with Crippen LogP contribution in [0.15, 0.2) is 85.7 Å². The van der Waals surface area contributed by atoms with Crippen molar-refractivity contribution in [2.24, 2.45) is 0 Å². The molecule has 348 valence electrons. The zero-order chi connectivity index (χ0) is 46.7. The maximum atomic E-state index is 13.1. The predicted octanol–water partition coefficient (Wildman–Crippen LogP) is 5.71. The van der Waals surface area contributed by atoms with Crippen LogP contribution in [0.1, 0.15) is 60.6 Å². The van der Waals surface area contributed by atoms with E-state index in [4.69, 9.17) is 19.4 Å². The van der Waals surface area contributed by atoms with Crippen molar-refractivity contribution in [1.82, 2.24) is 39.5 Å². The minimum atomic E-state index is -0.259. The molecule has 18 heteroatoms. The van der Waals surface area contributed by atoms with Crippen molar-refractivity contribution in [1.29, 1.82) is 0 Å². The highest BCUT2D eigenvalue weighted by Crippen LogP contribution is 2.35. The Labute approximate surface area is 384 Å². The molecule has 2 aliphatic rings. The largest absolute Gasteiger partial charge is 0.383 e. The number of aromatic nitrogens is 8. The lowest BCUT2D eigenvalue weighted by atomic mass is 10.1. The smallest absolute Gasteiger partial charge is 0.249 e. The van der Waals surface area contributed by atoms with Crippen molar-refractivity contribution in [2.75, 3.05) is 74.2 Å². The van der Waals surface area contributed by atoms with Crippen LogP contribution in [-0.2, 0) is 57.8 Å². The van der Waals surface area contributed by atoms with Crippen molar-refractivity contribution in [3.63, 3.8) is 0 Å². The molecule has 0 saturated heterocycles. The molecule has 16 nitrogen and oxygen atoms in total. The second kappa shape index (κ2) is 22.0. The molecule has 4 aromatic heterocycles. The average molecular weight is 905 g/mol. The zero-order valence-corrected chi connectivity index (χ0v) is 38.5. The number of nitrogens with zero attached hydrogens (tertiary/aromatic N) is 12. The fourth-order valence-electron chi connectivity index (χ4n) is 8.19. The summed E-state index contributed by atoms with van der Waals surface area (Å²) >= 11 is 0. The number of hydrogen-bond donors (Lipinski definition) is 0. The highest BCUT2D eigenvalue weighted by Gasteiger charge is 2.38. The molecule has 2 aliphatic heterocycles. The third kappa shape index (κ3) is 11.2. The molecule has 2 atom stereocenters. The number of amides is 2. The Kier molecular flexibility index (Phi) is 15.8. The second-order valence-electron chi connectivity index (χ2n) is 16.4. The van der Waals surface area contributed by atoms with Gasteiger partial charge in [-0.05, 0) is 72.2 Å². The third-order valence-corrected chi connectivity index (χ3v) is 11.9.